The van der Waals surface area contributed by atoms with Crippen LogP contribution in [0.2, 0.25) is 0 Å². The van der Waals surface area contributed by atoms with Crippen molar-refractivity contribution in [1.29, 1.82) is 0 Å². The first-order chi connectivity index (χ1) is 10.9. The summed E-state index contributed by atoms with van der Waals surface area (Å²) in [5, 5.41) is 12.1. The van der Waals surface area contributed by atoms with Crippen molar-refractivity contribution in [3.63, 3.8) is 0 Å². The van der Waals surface area contributed by atoms with Gasteiger partial charge in [-0.2, -0.15) is 0 Å². The number of aryl methyl sites for hydroxylation is 1. The third-order valence-corrected chi connectivity index (χ3v) is 3.74. The summed E-state index contributed by atoms with van der Waals surface area (Å²) in [5.74, 6) is 0. The van der Waals surface area contributed by atoms with Crippen LogP contribution in [0.25, 0.3) is 0 Å². The highest BCUT2D eigenvalue weighted by Crippen LogP contribution is 2.16. The summed E-state index contributed by atoms with van der Waals surface area (Å²) in [6.45, 7) is 1.01. The molecular formula is C16H22N4O3. The Balaban J connectivity index is 2.10. The van der Waals surface area contributed by atoms with Crippen LogP contribution in [-0.2, 0) is 20.6 Å². The van der Waals surface area contributed by atoms with E-state index in [-0.39, 0.29) is 17.9 Å². The number of hydrogen-bond acceptors (Lipinski definition) is 5. The number of nitrogens with one attached hydrogen (secondary N) is 1. The second-order valence-corrected chi connectivity index (χ2v) is 5.46. The third kappa shape index (κ3) is 3.81. The van der Waals surface area contributed by atoms with E-state index >= 15 is 0 Å². The normalized spacial score (nSPS) is 10.6. The Labute approximate surface area is 134 Å². The van der Waals surface area contributed by atoms with E-state index < -0.39 is 0 Å². The van der Waals surface area contributed by atoms with Crippen molar-refractivity contribution in [2.45, 2.75) is 6.54 Å². The maximum atomic E-state index is 12.1. The standard InChI is InChI=1S/C16H22N4O3/c1-18(8-9-21)14-6-4-13(5-7-14)17-10-12-11-19(2)16(23)20(3)15(12)22/h4-7,11,17,21H,8-10H2,1-3H3. The summed E-state index contributed by atoms with van der Waals surface area (Å²) in [6, 6.07) is 7.71. The van der Waals surface area contributed by atoms with Crippen LogP contribution in [0.4, 0.5) is 11.4 Å². The minimum absolute atomic E-state index is 0.104. The molecule has 0 aliphatic rings. The molecule has 7 nitrogen and oxygen atoms in total. The zero-order valence-corrected chi connectivity index (χ0v) is 13.6. The summed E-state index contributed by atoms with van der Waals surface area (Å²) in [4.78, 5) is 25.7. The van der Waals surface area contributed by atoms with Crippen molar-refractivity contribution < 1.29 is 5.11 Å². The number of nitrogens with zero attached hydrogens (tertiary/aromatic N) is 3. The van der Waals surface area contributed by atoms with Gasteiger partial charge in [-0.25, -0.2) is 4.79 Å². The second-order valence-electron chi connectivity index (χ2n) is 5.46. The lowest BCUT2D eigenvalue weighted by molar-refractivity contribution is 0.304. The van der Waals surface area contributed by atoms with E-state index in [4.69, 9.17) is 5.11 Å². The van der Waals surface area contributed by atoms with E-state index in [0.717, 1.165) is 15.9 Å². The SMILES string of the molecule is CN(CCO)c1ccc(NCc2cn(C)c(=O)n(C)c2=O)cc1. The van der Waals surface area contributed by atoms with E-state index in [2.05, 4.69) is 5.32 Å². The summed E-state index contributed by atoms with van der Waals surface area (Å²) >= 11 is 0. The summed E-state index contributed by atoms with van der Waals surface area (Å²) < 4.78 is 2.50. The lowest BCUT2D eigenvalue weighted by atomic mass is 10.2. The predicted molar refractivity (Wildman–Crippen MR) is 91.0 cm³/mol. The van der Waals surface area contributed by atoms with Gasteiger partial charge in [0.2, 0.25) is 0 Å². The molecule has 1 aromatic carbocycles. The smallest absolute Gasteiger partial charge is 0.330 e. The fourth-order valence-corrected chi connectivity index (χ4v) is 2.31. The number of aliphatic hydroxyl groups is 1. The van der Waals surface area contributed by atoms with Crippen molar-refractivity contribution in [3.05, 3.63) is 56.9 Å². The Morgan fingerprint density at radius 3 is 2.43 bits per heavy atom. The van der Waals surface area contributed by atoms with Gasteiger partial charge in [0.15, 0.2) is 0 Å². The van der Waals surface area contributed by atoms with Gasteiger partial charge in [0, 0.05) is 51.8 Å². The molecule has 0 bridgehead atoms. The average Bonchev–Trinajstić information content (AvgIpc) is 2.55. The van der Waals surface area contributed by atoms with Crippen LogP contribution in [0.3, 0.4) is 0 Å². The van der Waals surface area contributed by atoms with E-state index in [0.29, 0.717) is 18.7 Å². The Morgan fingerprint density at radius 1 is 1.17 bits per heavy atom. The molecule has 0 fully saturated rings. The van der Waals surface area contributed by atoms with Crippen LogP contribution in [-0.4, -0.2) is 34.4 Å². The van der Waals surface area contributed by atoms with Gasteiger partial charge in [0.1, 0.15) is 0 Å². The van der Waals surface area contributed by atoms with Crippen LogP contribution in [0.1, 0.15) is 5.56 Å². The molecule has 0 saturated carbocycles. The molecule has 0 aliphatic heterocycles. The largest absolute Gasteiger partial charge is 0.395 e. The molecule has 2 aromatic rings. The van der Waals surface area contributed by atoms with Crippen LogP contribution >= 0.6 is 0 Å². The lowest BCUT2D eigenvalue weighted by Gasteiger charge is -2.18. The van der Waals surface area contributed by atoms with Crippen LogP contribution < -0.4 is 21.5 Å². The van der Waals surface area contributed by atoms with E-state index in [9.17, 15) is 9.59 Å². The van der Waals surface area contributed by atoms with Gasteiger partial charge < -0.3 is 19.9 Å². The van der Waals surface area contributed by atoms with E-state index in [1.54, 1.807) is 13.2 Å². The lowest BCUT2D eigenvalue weighted by Crippen LogP contribution is -2.38. The molecule has 0 aliphatic carbocycles. The van der Waals surface area contributed by atoms with Gasteiger partial charge in [-0.1, -0.05) is 0 Å². The summed E-state index contributed by atoms with van der Waals surface area (Å²) in [7, 11) is 5.00. The molecule has 23 heavy (non-hydrogen) atoms. The van der Waals surface area contributed by atoms with Gasteiger partial charge >= 0.3 is 5.69 Å². The zero-order valence-electron chi connectivity index (χ0n) is 13.6. The molecule has 2 rings (SSSR count). The number of anilines is 2. The highest BCUT2D eigenvalue weighted by atomic mass is 16.3. The molecule has 0 saturated heterocycles. The molecular weight excluding hydrogens is 296 g/mol. The number of hydrogen-bond donors (Lipinski definition) is 2. The fourth-order valence-electron chi connectivity index (χ4n) is 2.31. The quantitative estimate of drug-likeness (QED) is 0.791. The first-order valence-corrected chi connectivity index (χ1v) is 7.35. The van der Waals surface area contributed by atoms with Gasteiger partial charge in [-0.3, -0.25) is 9.36 Å². The number of benzene rings is 1. The Hall–Kier alpha value is -2.54. The van der Waals surface area contributed by atoms with Crippen molar-refractivity contribution in [2.24, 2.45) is 14.1 Å². The van der Waals surface area contributed by atoms with Crippen LogP contribution in [0.5, 0.6) is 0 Å². The minimum Gasteiger partial charge on any atom is -0.395 e. The van der Waals surface area contributed by atoms with Crippen molar-refractivity contribution in [2.75, 3.05) is 30.4 Å². The van der Waals surface area contributed by atoms with Gasteiger partial charge in [0.05, 0.1) is 12.2 Å². The highest BCUT2D eigenvalue weighted by Gasteiger charge is 2.07. The van der Waals surface area contributed by atoms with Gasteiger partial charge in [-0.15, -0.1) is 0 Å². The molecule has 1 heterocycles. The monoisotopic (exact) mass is 318 g/mol. The average molecular weight is 318 g/mol. The van der Waals surface area contributed by atoms with E-state index in [1.807, 2.05) is 36.2 Å². The maximum absolute atomic E-state index is 12.1. The first-order valence-electron chi connectivity index (χ1n) is 7.35. The number of likely N-dealkylation sites (N-methyl/N-ethyl adjacent to an activating group) is 1. The molecule has 0 unspecified atom stereocenters. The summed E-state index contributed by atoms with van der Waals surface area (Å²) in [6.07, 6.45) is 1.56. The fraction of sp³-hybridized carbons (Fsp3) is 0.375. The molecule has 0 spiro atoms. The number of aliphatic hydroxyl groups excluding tert-OH is 1. The molecule has 124 valence electrons. The predicted octanol–water partition coefficient (Wildman–Crippen LogP) is 0.125. The Kier molecular flexibility index (Phi) is 5.23. The first kappa shape index (κ1) is 16.8. The van der Waals surface area contributed by atoms with Crippen molar-refractivity contribution >= 4 is 11.4 Å². The van der Waals surface area contributed by atoms with Crippen molar-refractivity contribution in [3.8, 4) is 0 Å². The Morgan fingerprint density at radius 2 is 1.83 bits per heavy atom. The molecule has 0 atom stereocenters. The molecule has 2 N–H and O–H groups in total. The van der Waals surface area contributed by atoms with Crippen LogP contribution in [0.15, 0.2) is 40.1 Å². The van der Waals surface area contributed by atoms with Crippen LogP contribution in [0, 0.1) is 0 Å². The summed E-state index contributed by atoms with van der Waals surface area (Å²) in [5.41, 5.74) is 1.77. The van der Waals surface area contributed by atoms with Gasteiger partial charge in [-0.05, 0) is 24.3 Å². The molecule has 1 aromatic heterocycles. The molecule has 0 amide bonds. The van der Waals surface area contributed by atoms with Gasteiger partial charge in [0.25, 0.3) is 5.56 Å². The molecule has 0 radical (unpaired) electrons. The topological polar surface area (TPSA) is 79.5 Å². The highest BCUT2D eigenvalue weighted by molar-refractivity contribution is 5.54. The van der Waals surface area contributed by atoms with Crippen molar-refractivity contribution in [1.82, 2.24) is 9.13 Å². The Bertz CT molecular complexity index is 777. The maximum Gasteiger partial charge on any atom is 0.330 e. The number of rotatable bonds is 6. The minimum atomic E-state index is -0.338. The third-order valence-electron chi connectivity index (χ3n) is 3.74. The zero-order chi connectivity index (χ0) is 17.0. The second kappa shape index (κ2) is 7.15. The molecule has 7 heteroatoms. The van der Waals surface area contributed by atoms with E-state index in [1.165, 1.54) is 11.6 Å². The number of aromatic nitrogens is 2.